The van der Waals surface area contributed by atoms with E-state index in [9.17, 15) is 0 Å². The maximum absolute atomic E-state index is 5.56. The highest BCUT2D eigenvalue weighted by Crippen LogP contribution is 2.30. The second-order valence-electron chi connectivity index (χ2n) is 4.90. The first-order valence-electron chi connectivity index (χ1n) is 6.85. The first-order valence-corrected chi connectivity index (χ1v) is 6.85. The van der Waals surface area contributed by atoms with Crippen LogP contribution in [-0.4, -0.2) is 31.8 Å². The number of aliphatic imine (C=N–C) groups is 1. The normalized spacial score (nSPS) is 14.3. The van der Waals surface area contributed by atoms with Crippen molar-refractivity contribution in [2.75, 3.05) is 19.8 Å². The first-order chi connectivity index (χ1) is 9.69. The molecule has 0 saturated heterocycles. The van der Waals surface area contributed by atoms with Gasteiger partial charge < -0.3 is 14.8 Å². The zero-order valence-electron chi connectivity index (χ0n) is 12.0. The quantitative estimate of drug-likeness (QED) is 0.329. The summed E-state index contributed by atoms with van der Waals surface area (Å²) in [5.41, 5.74) is 3.73. The molecule has 1 aliphatic rings. The highest BCUT2D eigenvalue weighted by molar-refractivity contribution is 5.79. The van der Waals surface area contributed by atoms with Crippen LogP contribution in [-0.2, 0) is 6.42 Å². The second-order valence-corrected chi connectivity index (χ2v) is 4.90. The van der Waals surface area contributed by atoms with E-state index in [2.05, 4.69) is 15.7 Å². The van der Waals surface area contributed by atoms with Gasteiger partial charge in [-0.05, 0) is 38.0 Å². The van der Waals surface area contributed by atoms with Crippen molar-refractivity contribution in [2.24, 2.45) is 10.8 Å². The summed E-state index contributed by atoms with van der Waals surface area (Å²) in [6, 6.07) is 6.28. The molecule has 4 N–H and O–H groups in total. The van der Waals surface area contributed by atoms with E-state index >= 15 is 0 Å². The van der Waals surface area contributed by atoms with Gasteiger partial charge in [0.1, 0.15) is 13.2 Å². The van der Waals surface area contributed by atoms with Crippen LogP contribution in [0, 0.1) is 0 Å². The van der Waals surface area contributed by atoms with Crippen molar-refractivity contribution < 1.29 is 9.47 Å². The van der Waals surface area contributed by atoms with Gasteiger partial charge in [0.05, 0.1) is 0 Å². The molecule has 0 fully saturated rings. The Morgan fingerprint density at radius 1 is 1.30 bits per heavy atom. The van der Waals surface area contributed by atoms with Crippen LogP contribution in [0.1, 0.15) is 19.4 Å². The van der Waals surface area contributed by atoms with E-state index in [1.165, 1.54) is 5.56 Å². The molecular formula is C14H22N4O2. The number of nitrogens with one attached hydrogen (secondary N) is 2. The Bertz CT molecular complexity index is 474. The maximum atomic E-state index is 5.56. The molecule has 1 aliphatic heterocycles. The Morgan fingerprint density at radius 2 is 2.05 bits per heavy atom. The van der Waals surface area contributed by atoms with Crippen LogP contribution in [0.3, 0.4) is 0 Å². The van der Waals surface area contributed by atoms with Crippen LogP contribution < -0.4 is 26.1 Å². The van der Waals surface area contributed by atoms with Crippen molar-refractivity contribution in [3.05, 3.63) is 23.8 Å². The fourth-order valence-electron chi connectivity index (χ4n) is 1.95. The predicted octanol–water partition coefficient (Wildman–Crippen LogP) is 0.818. The molecule has 0 bridgehead atoms. The molecule has 1 heterocycles. The van der Waals surface area contributed by atoms with E-state index in [1.54, 1.807) is 0 Å². The molecule has 110 valence electrons. The number of rotatable bonds is 4. The van der Waals surface area contributed by atoms with E-state index in [0.29, 0.717) is 31.8 Å². The van der Waals surface area contributed by atoms with E-state index in [1.807, 2.05) is 32.0 Å². The minimum Gasteiger partial charge on any atom is -0.486 e. The van der Waals surface area contributed by atoms with Crippen molar-refractivity contribution in [3.8, 4) is 11.5 Å². The summed E-state index contributed by atoms with van der Waals surface area (Å²) < 4.78 is 11.1. The number of guanidine groups is 1. The number of nitrogens with two attached hydrogens (primary N) is 1. The van der Waals surface area contributed by atoms with Gasteiger partial charge >= 0.3 is 0 Å². The minimum atomic E-state index is 0.291. The average Bonchev–Trinajstić information content (AvgIpc) is 2.45. The smallest absolute Gasteiger partial charge is 0.205 e. The first kappa shape index (κ1) is 14.5. The largest absolute Gasteiger partial charge is 0.486 e. The number of hydrogen-bond donors (Lipinski definition) is 3. The highest BCUT2D eigenvalue weighted by Gasteiger charge is 2.11. The molecule has 6 heteroatoms. The van der Waals surface area contributed by atoms with Crippen molar-refractivity contribution in [1.29, 1.82) is 0 Å². The molecule has 1 aromatic rings. The van der Waals surface area contributed by atoms with Gasteiger partial charge in [-0.3, -0.25) is 10.4 Å². The summed E-state index contributed by atoms with van der Waals surface area (Å²) in [5.74, 6) is 7.65. The lowest BCUT2D eigenvalue weighted by molar-refractivity contribution is 0.171. The van der Waals surface area contributed by atoms with Gasteiger partial charge in [-0.2, -0.15) is 0 Å². The molecule has 2 rings (SSSR count). The Balaban J connectivity index is 1.92. The van der Waals surface area contributed by atoms with Crippen LogP contribution in [0.25, 0.3) is 0 Å². The van der Waals surface area contributed by atoms with Gasteiger partial charge in [-0.1, -0.05) is 6.07 Å². The molecule has 0 aliphatic carbocycles. The molecule has 6 nitrogen and oxygen atoms in total. The van der Waals surface area contributed by atoms with Crippen molar-refractivity contribution in [3.63, 3.8) is 0 Å². The Kier molecular flexibility index (Phi) is 5.06. The van der Waals surface area contributed by atoms with Gasteiger partial charge in [0.15, 0.2) is 11.5 Å². The average molecular weight is 278 g/mol. The van der Waals surface area contributed by atoms with E-state index < -0.39 is 0 Å². The number of hydrazine groups is 1. The third-order valence-corrected chi connectivity index (χ3v) is 2.84. The SMILES string of the molecule is CC(C)NC(=NCCc1ccc2c(c1)OCCO2)NN. The lowest BCUT2D eigenvalue weighted by Crippen LogP contribution is -2.44. The summed E-state index contributed by atoms with van der Waals surface area (Å²) in [7, 11) is 0. The molecule has 0 spiro atoms. The van der Waals surface area contributed by atoms with Gasteiger partial charge in [0, 0.05) is 12.6 Å². The molecule has 0 saturated carbocycles. The third kappa shape index (κ3) is 4.03. The lowest BCUT2D eigenvalue weighted by atomic mass is 10.1. The van der Waals surface area contributed by atoms with Gasteiger partial charge in [-0.25, -0.2) is 5.84 Å². The highest BCUT2D eigenvalue weighted by atomic mass is 16.6. The Hall–Kier alpha value is -1.95. The fourth-order valence-corrected chi connectivity index (χ4v) is 1.95. The second kappa shape index (κ2) is 7.00. The molecule has 0 aromatic heterocycles. The molecule has 0 amide bonds. The summed E-state index contributed by atoms with van der Waals surface area (Å²) in [5, 5.41) is 3.13. The fraction of sp³-hybridized carbons (Fsp3) is 0.500. The number of hydrogen-bond acceptors (Lipinski definition) is 4. The molecule has 20 heavy (non-hydrogen) atoms. The minimum absolute atomic E-state index is 0.291. The van der Waals surface area contributed by atoms with Gasteiger partial charge in [0.2, 0.25) is 5.96 Å². The maximum Gasteiger partial charge on any atom is 0.205 e. The van der Waals surface area contributed by atoms with E-state index in [0.717, 1.165) is 17.9 Å². The topological polar surface area (TPSA) is 80.9 Å². The van der Waals surface area contributed by atoms with E-state index in [4.69, 9.17) is 15.3 Å². The zero-order valence-corrected chi connectivity index (χ0v) is 12.0. The molecule has 1 aromatic carbocycles. The molecule has 0 radical (unpaired) electrons. The summed E-state index contributed by atoms with van der Waals surface area (Å²) >= 11 is 0. The number of fused-ring (bicyclic) bond motifs is 1. The number of nitrogens with zero attached hydrogens (tertiary/aromatic N) is 1. The standard InChI is InChI=1S/C14H22N4O2/c1-10(2)17-14(18-15)16-6-5-11-3-4-12-13(9-11)20-8-7-19-12/h3-4,9-10H,5-8,15H2,1-2H3,(H2,16,17,18). The van der Waals surface area contributed by atoms with Crippen LogP contribution in [0.4, 0.5) is 0 Å². The van der Waals surface area contributed by atoms with Crippen molar-refractivity contribution in [2.45, 2.75) is 26.3 Å². The van der Waals surface area contributed by atoms with Crippen LogP contribution in [0.5, 0.6) is 11.5 Å². The molecule has 0 unspecified atom stereocenters. The van der Waals surface area contributed by atoms with Crippen LogP contribution in [0.2, 0.25) is 0 Å². The van der Waals surface area contributed by atoms with Crippen LogP contribution in [0.15, 0.2) is 23.2 Å². The lowest BCUT2D eigenvalue weighted by Gasteiger charge is -2.18. The predicted molar refractivity (Wildman–Crippen MR) is 79.0 cm³/mol. The van der Waals surface area contributed by atoms with Gasteiger partial charge in [-0.15, -0.1) is 0 Å². The molecule has 0 atom stereocenters. The number of benzene rings is 1. The number of ether oxygens (including phenoxy) is 2. The Labute approximate surface area is 119 Å². The third-order valence-electron chi connectivity index (χ3n) is 2.84. The zero-order chi connectivity index (χ0) is 14.4. The van der Waals surface area contributed by atoms with Crippen molar-refractivity contribution >= 4 is 5.96 Å². The summed E-state index contributed by atoms with van der Waals surface area (Å²) in [4.78, 5) is 4.39. The monoisotopic (exact) mass is 278 g/mol. The van der Waals surface area contributed by atoms with Gasteiger partial charge in [0.25, 0.3) is 0 Å². The van der Waals surface area contributed by atoms with E-state index in [-0.39, 0.29) is 0 Å². The van der Waals surface area contributed by atoms with Crippen molar-refractivity contribution in [1.82, 2.24) is 10.7 Å². The Morgan fingerprint density at radius 3 is 2.75 bits per heavy atom. The summed E-state index contributed by atoms with van der Waals surface area (Å²) in [6.07, 6.45) is 0.821. The summed E-state index contributed by atoms with van der Waals surface area (Å²) in [6.45, 7) is 5.94. The molecular weight excluding hydrogens is 256 g/mol. The van der Waals surface area contributed by atoms with Crippen LogP contribution >= 0.6 is 0 Å².